The zero-order valence-electron chi connectivity index (χ0n) is 7.38. The van der Waals surface area contributed by atoms with Crippen LogP contribution in [0.3, 0.4) is 0 Å². The molecule has 5 nitrogen and oxygen atoms in total. The molecule has 3 amide bonds. The fraction of sp³-hybridized carbons (Fsp3) is 0.750. The van der Waals surface area contributed by atoms with Crippen LogP contribution in [-0.2, 0) is 4.79 Å². The van der Waals surface area contributed by atoms with E-state index in [4.69, 9.17) is 0 Å². The highest BCUT2D eigenvalue weighted by atomic mass is 16.2. The SMILES string of the molecule is O=C(CN1CCNC1=O)NC1CC1. The summed E-state index contributed by atoms with van der Waals surface area (Å²) in [5.41, 5.74) is 0. The second-order valence-corrected chi connectivity index (χ2v) is 3.50. The number of nitrogens with zero attached hydrogens (tertiary/aromatic N) is 1. The summed E-state index contributed by atoms with van der Waals surface area (Å²) in [6.07, 6.45) is 2.16. The summed E-state index contributed by atoms with van der Waals surface area (Å²) in [6, 6.07) is 0.240. The van der Waals surface area contributed by atoms with Crippen LogP contribution in [0.5, 0.6) is 0 Å². The molecule has 72 valence electrons. The summed E-state index contributed by atoms with van der Waals surface area (Å²) in [7, 11) is 0. The Kier molecular flexibility index (Phi) is 2.08. The van der Waals surface area contributed by atoms with Gasteiger partial charge in [-0.3, -0.25) is 4.79 Å². The van der Waals surface area contributed by atoms with Gasteiger partial charge < -0.3 is 15.5 Å². The van der Waals surface area contributed by atoms with Gasteiger partial charge in [0.15, 0.2) is 0 Å². The molecule has 2 rings (SSSR count). The van der Waals surface area contributed by atoms with E-state index in [9.17, 15) is 9.59 Å². The molecular formula is C8H13N3O2. The normalized spacial score (nSPS) is 21.5. The van der Waals surface area contributed by atoms with Gasteiger partial charge in [-0.05, 0) is 12.8 Å². The van der Waals surface area contributed by atoms with Crippen molar-refractivity contribution in [3.63, 3.8) is 0 Å². The molecule has 0 aromatic heterocycles. The van der Waals surface area contributed by atoms with Gasteiger partial charge in [-0.1, -0.05) is 0 Å². The average molecular weight is 183 g/mol. The van der Waals surface area contributed by atoms with E-state index in [1.165, 1.54) is 4.90 Å². The molecule has 2 aliphatic rings. The number of hydrogen-bond donors (Lipinski definition) is 2. The predicted molar refractivity (Wildman–Crippen MR) is 46.1 cm³/mol. The van der Waals surface area contributed by atoms with E-state index in [0.29, 0.717) is 19.1 Å². The van der Waals surface area contributed by atoms with Crippen LogP contribution in [0.2, 0.25) is 0 Å². The fourth-order valence-electron chi connectivity index (χ4n) is 1.34. The molecular weight excluding hydrogens is 170 g/mol. The van der Waals surface area contributed by atoms with Crippen LogP contribution in [-0.4, -0.2) is 42.5 Å². The summed E-state index contributed by atoms with van der Waals surface area (Å²) in [4.78, 5) is 23.8. The zero-order valence-corrected chi connectivity index (χ0v) is 7.38. The van der Waals surface area contributed by atoms with E-state index in [2.05, 4.69) is 10.6 Å². The van der Waals surface area contributed by atoms with Crippen molar-refractivity contribution < 1.29 is 9.59 Å². The van der Waals surface area contributed by atoms with E-state index in [1.54, 1.807) is 0 Å². The standard InChI is InChI=1S/C8H13N3O2/c12-7(10-6-1-2-6)5-11-4-3-9-8(11)13/h6H,1-5H2,(H,9,13)(H,10,12). The van der Waals surface area contributed by atoms with Crippen LogP contribution in [0.4, 0.5) is 4.79 Å². The van der Waals surface area contributed by atoms with E-state index in [-0.39, 0.29) is 18.5 Å². The lowest BCUT2D eigenvalue weighted by atomic mass is 10.5. The minimum Gasteiger partial charge on any atom is -0.352 e. The highest BCUT2D eigenvalue weighted by Gasteiger charge is 2.26. The largest absolute Gasteiger partial charge is 0.352 e. The van der Waals surface area contributed by atoms with Crippen LogP contribution in [0.15, 0.2) is 0 Å². The molecule has 0 radical (unpaired) electrons. The topological polar surface area (TPSA) is 61.4 Å². The van der Waals surface area contributed by atoms with Crippen molar-refractivity contribution in [2.75, 3.05) is 19.6 Å². The average Bonchev–Trinajstić information content (AvgIpc) is 2.79. The molecule has 1 aliphatic heterocycles. The van der Waals surface area contributed by atoms with Crippen molar-refractivity contribution >= 4 is 11.9 Å². The summed E-state index contributed by atoms with van der Waals surface area (Å²) < 4.78 is 0. The minimum absolute atomic E-state index is 0.0421. The van der Waals surface area contributed by atoms with Crippen molar-refractivity contribution in [2.45, 2.75) is 18.9 Å². The number of amides is 3. The summed E-state index contributed by atoms with van der Waals surface area (Å²) in [6.45, 7) is 1.48. The molecule has 1 heterocycles. The number of carbonyl (C=O) groups excluding carboxylic acids is 2. The molecule has 2 N–H and O–H groups in total. The maximum absolute atomic E-state index is 11.3. The molecule has 0 aromatic carbocycles. The fourth-order valence-corrected chi connectivity index (χ4v) is 1.34. The van der Waals surface area contributed by atoms with Crippen LogP contribution < -0.4 is 10.6 Å². The first-order valence-corrected chi connectivity index (χ1v) is 4.58. The lowest BCUT2D eigenvalue weighted by molar-refractivity contribution is -0.121. The van der Waals surface area contributed by atoms with Gasteiger partial charge >= 0.3 is 6.03 Å². The van der Waals surface area contributed by atoms with Crippen molar-refractivity contribution in [1.29, 1.82) is 0 Å². The van der Waals surface area contributed by atoms with E-state index >= 15 is 0 Å². The Morgan fingerprint density at radius 2 is 2.38 bits per heavy atom. The Morgan fingerprint density at radius 1 is 1.62 bits per heavy atom. The molecule has 0 bridgehead atoms. The lowest BCUT2D eigenvalue weighted by Crippen LogP contribution is -2.39. The third-order valence-electron chi connectivity index (χ3n) is 2.22. The molecule has 0 aromatic rings. The third-order valence-corrected chi connectivity index (χ3v) is 2.22. The molecule has 13 heavy (non-hydrogen) atoms. The number of hydrogen-bond acceptors (Lipinski definition) is 2. The Morgan fingerprint density at radius 3 is 2.92 bits per heavy atom. The minimum atomic E-state index is -0.133. The predicted octanol–water partition coefficient (Wildman–Crippen LogP) is -0.710. The molecule has 1 aliphatic carbocycles. The number of rotatable bonds is 3. The second kappa shape index (κ2) is 3.24. The highest BCUT2D eigenvalue weighted by Crippen LogP contribution is 2.18. The smallest absolute Gasteiger partial charge is 0.317 e. The Hall–Kier alpha value is -1.26. The first kappa shape index (κ1) is 8.34. The lowest BCUT2D eigenvalue weighted by Gasteiger charge is -2.12. The van der Waals surface area contributed by atoms with Crippen LogP contribution in [0, 0.1) is 0 Å². The molecule has 5 heteroatoms. The van der Waals surface area contributed by atoms with Gasteiger partial charge in [-0.15, -0.1) is 0 Å². The Balaban J connectivity index is 1.75. The molecule has 1 saturated heterocycles. The van der Waals surface area contributed by atoms with Gasteiger partial charge in [0.2, 0.25) is 5.91 Å². The Labute approximate surface area is 76.5 Å². The van der Waals surface area contributed by atoms with Crippen LogP contribution in [0.25, 0.3) is 0 Å². The maximum Gasteiger partial charge on any atom is 0.317 e. The van der Waals surface area contributed by atoms with E-state index in [1.807, 2.05) is 0 Å². The number of nitrogens with one attached hydrogen (secondary N) is 2. The highest BCUT2D eigenvalue weighted by molar-refractivity contribution is 5.85. The zero-order chi connectivity index (χ0) is 9.26. The third kappa shape index (κ3) is 2.11. The van der Waals surface area contributed by atoms with Gasteiger partial charge in [0.25, 0.3) is 0 Å². The molecule has 0 atom stereocenters. The summed E-state index contributed by atoms with van der Waals surface area (Å²) in [5.74, 6) is -0.0421. The van der Waals surface area contributed by atoms with Gasteiger partial charge in [0.1, 0.15) is 6.54 Å². The molecule has 2 fully saturated rings. The summed E-state index contributed by atoms with van der Waals surface area (Å²) >= 11 is 0. The Bertz CT molecular complexity index is 238. The van der Waals surface area contributed by atoms with Crippen molar-refractivity contribution in [3.05, 3.63) is 0 Å². The van der Waals surface area contributed by atoms with Crippen LogP contribution >= 0.6 is 0 Å². The number of urea groups is 1. The van der Waals surface area contributed by atoms with Gasteiger partial charge in [-0.25, -0.2) is 4.79 Å². The van der Waals surface area contributed by atoms with E-state index < -0.39 is 0 Å². The summed E-state index contributed by atoms with van der Waals surface area (Å²) in [5, 5.41) is 5.49. The number of carbonyl (C=O) groups is 2. The van der Waals surface area contributed by atoms with Crippen molar-refractivity contribution in [1.82, 2.24) is 15.5 Å². The quantitative estimate of drug-likeness (QED) is 0.607. The maximum atomic E-state index is 11.3. The van der Waals surface area contributed by atoms with Crippen LogP contribution in [0.1, 0.15) is 12.8 Å². The molecule has 0 unspecified atom stereocenters. The first-order chi connectivity index (χ1) is 6.25. The van der Waals surface area contributed by atoms with E-state index in [0.717, 1.165) is 12.8 Å². The van der Waals surface area contributed by atoms with Gasteiger partial charge in [-0.2, -0.15) is 0 Å². The van der Waals surface area contributed by atoms with Gasteiger partial charge in [0.05, 0.1) is 0 Å². The first-order valence-electron chi connectivity index (χ1n) is 4.58. The van der Waals surface area contributed by atoms with Crippen molar-refractivity contribution in [3.8, 4) is 0 Å². The molecule has 1 saturated carbocycles. The second-order valence-electron chi connectivity index (χ2n) is 3.50. The monoisotopic (exact) mass is 183 g/mol. The molecule has 0 spiro atoms. The van der Waals surface area contributed by atoms with Gasteiger partial charge in [0, 0.05) is 19.1 Å². The van der Waals surface area contributed by atoms with Crippen molar-refractivity contribution in [2.24, 2.45) is 0 Å².